The second-order valence-corrected chi connectivity index (χ2v) is 11.4. The minimum atomic E-state index is -0.0429. The molecule has 0 aliphatic heterocycles. The maximum absolute atomic E-state index is 6.14. The summed E-state index contributed by atoms with van der Waals surface area (Å²) in [4.78, 5) is 4.63. The van der Waals surface area contributed by atoms with Gasteiger partial charge >= 0.3 is 0 Å². The molecule has 140 valence electrons. The van der Waals surface area contributed by atoms with E-state index in [9.17, 15) is 0 Å². The number of hydrogen-bond donors (Lipinski definition) is 0. The van der Waals surface area contributed by atoms with E-state index in [2.05, 4.69) is 89.1 Å². The van der Waals surface area contributed by atoms with Crippen LogP contribution in [0.2, 0.25) is 5.16 Å². The smallest absolute Gasteiger partial charge is 0.230 e. The van der Waals surface area contributed by atoms with Crippen LogP contribution in [0.15, 0.2) is 30.3 Å². The zero-order chi connectivity index (χ0) is 18.9. The van der Waals surface area contributed by atoms with Crippen LogP contribution >= 0.6 is 0 Å². The van der Waals surface area contributed by atoms with Crippen molar-refractivity contribution in [3.05, 3.63) is 30.3 Å². The molecular formula is C20H36N2OSi2. The molecule has 0 bridgehead atoms. The van der Waals surface area contributed by atoms with Crippen molar-refractivity contribution in [2.75, 3.05) is 28.2 Å². The summed E-state index contributed by atoms with van der Waals surface area (Å²) in [6, 6.07) is 10.9. The molecule has 1 aromatic carbocycles. The Bertz CT molecular complexity index is 453. The fourth-order valence-corrected chi connectivity index (χ4v) is 5.66. The average Bonchev–Trinajstić information content (AvgIpc) is 2.51. The van der Waals surface area contributed by atoms with Gasteiger partial charge in [-0.1, -0.05) is 54.8 Å². The van der Waals surface area contributed by atoms with E-state index in [1.165, 1.54) is 30.9 Å². The van der Waals surface area contributed by atoms with Gasteiger partial charge < -0.3 is 4.43 Å². The van der Waals surface area contributed by atoms with Crippen LogP contribution in [0.3, 0.4) is 0 Å². The summed E-state index contributed by atoms with van der Waals surface area (Å²) in [5.74, 6) is 0. The monoisotopic (exact) mass is 376 g/mol. The maximum Gasteiger partial charge on any atom is 0.230 e. The first-order valence-electron chi connectivity index (χ1n) is 9.27. The van der Waals surface area contributed by atoms with E-state index < -0.39 is 0 Å². The SMILES string of the molecule is CN(C)C(CCCCC([Si]OC(C)(C)C)[Si]c1ccccc1)N(C)C. The molecule has 0 heterocycles. The zero-order valence-electron chi connectivity index (χ0n) is 17.2. The summed E-state index contributed by atoms with van der Waals surface area (Å²) in [5.41, 5.74) is -0.0429. The third kappa shape index (κ3) is 10.3. The normalized spacial score (nSPS) is 13.8. The van der Waals surface area contributed by atoms with E-state index in [4.69, 9.17) is 4.43 Å². The van der Waals surface area contributed by atoms with Gasteiger partial charge in [0, 0.05) is 5.60 Å². The van der Waals surface area contributed by atoms with E-state index in [0.29, 0.717) is 21.1 Å². The molecule has 0 aliphatic carbocycles. The molecule has 1 aromatic rings. The first-order chi connectivity index (χ1) is 11.7. The van der Waals surface area contributed by atoms with E-state index in [1.54, 1.807) is 0 Å². The zero-order valence-corrected chi connectivity index (χ0v) is 19.2. The highest BCUT2D eigenvalue weighted by Crippen LogP contribution is 2.18. The highest BCUT2D eigenvalue weighted by Gasteiger charge is 2.19. The molecule has 1 unspecified atom stereocenters. The standard InChI is InChI=1S/C20H36N2OSi2/c1-20(2,3)23-25-19(24-17-13-9-8-10-14-17)16-12-11-15-18(21(4)5)22(6)7/h8-10,13-14,18-19H,11-12,15-16H2,1-7H3. The number of unbranched alkanes of at least 4 members (excludes halogenated alkanes) is 1. The van der Waals surface area contributed by atoms with Gasteiger partial charge in [0.05, 0.1) is 15.7 Å². The maximum atomic E-state index is 6.14. The van der Waals surface area contributed by atoms with Crippen molar-refractivity contribution in [2.45, 2.75) is 63.4 Å². The van der Waals surface area contributed by atoms with Gasteiger partial charge in [0.1, 0.15) is 0 Å². The molecule has 0 aliphatic rings. The molecule has 0 spiro atoms. The topological polar surface area (TPSA) is 15.7 Å². The molecular weight excluding hydrogens is 340 g/mol. The summed E-state index contributed by atoms with van der Waals surface area (Å²) in [7, 11) is 10.1. The lowest BCUT2D eigenvalue weighted by atomic mass is 10.1. The Morgan fingerprint density at radius 1 is 0.920 bits per heavy atom. The number of nitrogens with zero attached hydrogens (tertiary/aromatic N) is 2. The predicted octanol–water partition coefficient (Wildman–Crippen LogP) is 3.21. The van der Waals surface area contributed by atoms with Crippen molar-refractivity contribution in [2.24, 2.45) is 0 Å². The minimum Gasteiger partial charge on any atom is -0.413 e. The molecule has 0 saturated carbocycles. The minimum absolute atomic E-state index is 0.0429. The third-order valence-corrected chi connectivity index (χ3v) is 7.41. The summed E-state index contributed by atoms with van der Waals surface area (Å²) in [6.07, 6.45) is 5.57. The van der Waals surface area contributed by atoms with Gasteiger partial charge in [-0.15, -0.1) is 0 Å². The van der Waals surface area contributed by atoms with Gasteiger partial charge in [0.25, 0.3) is 0 Å². The number of benzene rings is 1. The Labute approximate surface area is 160 Å². The van der Waals surface area contributed by atoms with Gasteiger partial charge in [-0.05, 0) is 60.5 Å². The quantitative estimate of drug-likeness (QED) is 0.335. The molecule has 0 fully saturated rings. The second kappa shape index (κ2) is 11.3. The Hall–Kier alpha value is -0.466. The van der Waals surface area contributed by atoms with Crippen molar-refractivity contribution >= 4 is 24.5 Å². The van der Waals surface area contributed by atoms with Crippen molar-refractivity contribution < 1.29 is 4.43 Å². The molecule has 3 nitrogen and oxygen atoms in total. The lowest BCUT2D eigenvalue weighted by Crippen LogP contribution is -2.40. The number of hydrogen-bond acceptors (Lipinski definition) is 3. The van der Waals surface area contributed by atoms with Crippen molar-refractivity contribution in [3.63, 3.8) is 0 Å². The van der Waals surface area contributed by atoms with Crippen LogP contribution in [0.25, 0.3) is 0 Å². The Balaban J connectivity index is 2.49. The van der Waals surface area contributed by atoms with Crippen LogP contribution < -0.4 is 5.19 Å². The summed E-state index contributed by atoms with van der Waals surface area (Å²) < 4.78 is 6.14. The molecule has 4 radical (unpaired) electrons. The average molecular weight is 377 g/mol. The molecule has 0 N–H and O–H groups in total. The Kier molecular flexibility index (Phi) is 10.2. The molecule has 1 rings (SSSR count). The highest BCUT2D eigenvalue weighted by atomic mass is 28.3. The van der Waals surface area contributed by atoms with Gasteiger partial charge in [0.2, 0.25) is 9.76 Å². The van der Waals surface area contributed by atoms with E-state index in [-0.39, 0.29) is 5.60 Å². The summed E-state index contributed by atoms with van der Waals surface area (Å²) in [6.45, 7) is 6.46. The predicted molar refractivity (Wildman–Crippen MR) is 112 cm³/mol. The lowest BCUT2D eigenvalue weighted by Gasteiger charge is -2.30. The van der Waals surface area contributed by atoms with Gasteiger partial charge in [0.15, 0.2) is 0 Å². The Morgan fingerprint density at radius 3 is 2.00 bits per heavy atom. The lowest BCUT2D eigenvalue weighted by molar-refractivity contribution is 0.117. The van der Waals surface area contributed by atoms with E-state index >= 15 is 0 Å². The summed E-state index contributed by atoms with van der Waals surface area (Å²) in [5, 5.41) is 2.11. The largest absolute Gasteiger partial charge is 0.413 e. The molecule has 0 aromatic heterocycles. The van der Waals surface area contributed by atoms with Crippen molar-refractivity contribution in [1.29, 1.82) is 0 Å². The van der Waals surface area contributed by atoms with Gasteiger partial charge in [-0.2, -0.15) is 0 Å². The molecule has 0 amide bonds. The highest BCUT2D eigenvalue weighted by molar-refractivity contribution is 6.65. The van der Waals surface area contributed by atoms with Crippen LogP contribution in [-0.4, -0.2) is 69.0 Å². The van der Waals surface area contributed by atoms with E-state index in [0.717, 1.165) is 9.52 Å². The van der Waals surface area contributed by atoms with Crippen LogP contribution in [-0.2, 0) is 4.43 Å². The van der Waals surface area contributed by atoms with Crippen LogP contribution in [0.1, 0.15) is 46.5 Å². The molecule has 25 heavy (non-hydrogen) atoms. The molecule has 5 heteroatoms. The van der Waals surface area contributed by atoms with Crippen LogP contribution in [0.5, 0.6) is 0 Å². The number of rotatable bonds is 11. The third-order valence-electron chi connectivity index (χ3n) is 4.02. The van der Waals surface area contributed by atoms with E-state index in [1.807, 2.05) is 0 Å². The fraction of sp³-hybridized carbons (Fsp3) is 0.700. The second-order valence-electron chi connectivity index (χ2n) is 8.09. The fourth-order valence-electron chi connectivity index (χ4n) is 2.80. The van der Waals surface area contributed by atoms with Crippen LogP contribution in [0, 0.1) is 0 Å². The van der Waals surface area contributed by atoms with Crippen molar-refractivity contribution in [3.8, 4) is 0 Å². The van der Waals surface area contributed by atoms with Gasteiger partial charge in [-0.25, -0.2) is 0 Å². The molecule has 1 atom stereocenters. The Morgan fingerprint density at radius 2 is 1.48 bits per heavy atom. The summed E-state index contributed by atoms with van der Waals surface area (Å²) >= 11 is 0. The first kappa shape index (κ1) is 22.6. The van der Waals surface area contributed by atoms with Crippen molar-refractivity contribution in [1.82, 2.24) is 9.80 Å². The first-order valence-corrected chi connectivity index (χ1v) is 11.3. The van der Waals surface area contributed by atoms with Crippen LogP contribution in [0.4, 0.5) is 0 Å². The molecule has 0 saturated heterocycles. The van der Waals surface area contributed by atoms with Gasteiger partial charge in [-0.3, -0.25) is 9.80 Å².